The highest BCUT2D eigenvalue weighted by molar-refractivity contribution is 5.67. The van der Waals surface area contributed by atoms with Gasteiger partial charge in [-0.05, 0) is 56.7 Å². The van der Waals surface area contributed by atoms with Crippen LogP contribution in [0.15, 0.2) is 23.8 Å². The number of rotatable bonds is 20. The highest BCUT2D eigenvalue weighted by Crippen LogP contribution is 2.42. The van der Waals surface area contributed by atoms with Crippen LogP contribution >= 0.6 is 0 Å². The van der Waals surface area contributed by atoms with Crippen LogP contribution in [0.25, 0.3) is 0 Å². The predicted octanol–water partition coefficient (Wildman–Crippen LogP) is 5.44. The van der Waals surface area contributed by atoms with Gasteiger partial charge in [-0.2, -0.15) is 0 Å². The van der Waals surface area contributed by atoms with E-state index in [2.05, 4.69) is 19.9 Å². The first-order valence-electron chi connectivity index (χ1n) is 14.2. The van der Waals surface area contributed by atoms with E-state index in [0.29, 0.717) is 45.4 Å². The fourth-order valence-electron chi connectivity index (χ4n) is 4.42. The molecule has 2 rings (SSSR count). The molecule has 1 unspecified atom stereocenters. The number of nitrogens with zero attached hydrogens (tertiary/aromatic N) is 1. The number of phenolic OH excluding ortho intramolecular Hbond substituents is 1. The second-order valence-corrected chi connectivity index (χ2v) is 9.91. The number of carbonyl (C=O) groups is 1. The van der Waals surface area contributed by atoms with Gasteiger partial charge in [0.25, 0.3) is 0 Å². The Kier molecular flexibility index (Phi) is 16.6. The monoisotopic (exact) mass is 551 g/mol. The zero-order chi connectivity index (χ0) is 28.3. The predicted molar refractivity (Wildman–Crippen MR) is 151 cm³/mol. The molecule has 0 bridgehead atoms. The molecule has 39 heavy (non-hydrogen) atoms. The van der Waals surface area contributed by atoms with E-state index in [1.807, 2.05) is 12.1 Å². The minimum absolute atomic E-state index is 0.0141. The number of ether oxygens (including phenoxy) is 6. The maximum absolute atomic E-state index is 12.4. The third kappa shape index (κ3) is 13.0. The van der Waals surface area contributed by atoms with E-state index in [9.17, 15) is 9.90 Å². The summed E-state index contributed by atoms with van der Waals surface area (Å²) in [5.41, 5.74) is 3.17. The molecule has 0 spiro atoms. The molecule has 0 aliphatic heterocycles. The average molecular weight is 552 g/mol. The van der Waals surface area contributed by atoms with Gasteiger partial charge in [-0.3, -0.25) is 4.90 Å². The number of aryl methyl sites for hydroxylation is 1. The summed E-state index contributed by atoms with van der Waals surface area (Å²) in [6.07, 6.45) is 9.05. The summed E-state index contributed by atoms with van der Waals surface area (Å²) in [5, 5.41) is 11.0. The normalized spacial score (nSPS) is 15.2. The molecule has 0 fully saturated rings. The Morgan fingerprint density at radius 1 is 1.00 bits per heavy atom. The van der Waals surface area contributed by atoms with Crippen LogP contribution in [-0.2, 0) is 30.1 Å². The van der Waals surface area contributed by atoms with Crippen LogP contribution in [0.2, 0.25) is 0 Å². The lowest BCUT2D eigenvalue weighted by atomic mass is 9.84. The zero-order valence-electron chi connectivity index (χ0n) is 24.4. The molecule has 9 heteroatoms. The molecule has 0 saturated carbocycles. The molecule has 222 valence electrons. The van der Waals surface area contributed by atoms with Crippen molar-refractivity contribution in [2.75, 3.05) is 73.7 Å². The van der Waals surface area contributed by atoms with Gasteiger partial charge in [0.15, 0.2) is 6.73 Å². The molecule has 0 heterocycles. The lowest BCUT2D eigenvalue weighted by Gasteiger charge is -2.25. The Hall–Kier alpha value is -2.33. The number of methoxy groups -OCH3 is 1. The van der Waals surface area contributed by atoms with Crippen LogP contribution in [0.5, 0.6) is 11.5 Å². The van der Waals surface area contributed by atoms with Crippen LogP contribution in [0.3, 0.4) is 0 Å². The van der Waals surface area contributed by atoms with Gasteiger partial charge in [0.2, 0.25) is 0 Å². The summed E-state index contributed by atoms with van der Waals surface area (Å²) in [5.74, 6) is 0.990. The van der Waals surface area contributed by atoms with Crippen LogP contribution in [-0.4, -0.2) is 89.8 Å². The minimum Gasteiger partial charge on any atom is -0.507 e. The van der Waals surface area contributed by atoms with Gasteiger partial charge in [0.1, 0.15) is 18.1 Å². The molecule has 0 saturated heterocycles. The summed E-state index contributed by atoms with van der Waals surface area (Å²) in [6, 6.07) is 3.89. The van der Waals surface area contributed by atoms with Crippen molar-refractivity contribution < 1.29 is 38.3 Å². The second kappa shape index (κ2) is 19.7. The SMILES string of the molecule is CCCCCc1cc(O)c(C2C=C(C)CCC2)c(OCN(C)C(=O)OCCOCCOCCOCCOC)c1. The highest BCUT2D eigenvalue weighted by atomic mass is 16.6. The van der Waals surface area contributed by atoms with Crippen LogP contribution < -0.4 is 4.74 Å². The molecule has 1 N–H and O–H groups in total. The van der Waals surface area contributed by atoms with Gasteiger partial charge in [0, 0.05) is 25.6 Å². The number of phenols is 1. The van der Waals surface area contributed by atoms with Gasteiger partial charge in [-0.25, -0.2) is 4.79 Å². The van der Waals surface area contributed by atoms with Gasteiger partial charge in [-0.1, -0.05) is 31.4 Å². The lowest BCUT2D eigenvalue weighted by Crippen LogP contribution is -2.32. The van der Waals surface area contributed by atoms with Gasteiger partial charge < -0.3 is 33.5 Å². The molecule has 0 aromatic heterocycles. The fourth-order valence-corrected chi connectivity index (χ4v) is 4.42. The van der Waals surface area contributed by atoms with Crippen LogP contribution in [0.1, 0.15) is 69.4 Å². The van der Waals surface area contributed by atoms with Crippen molar-refractivity contribution in [3.05, 3.63) is 34.9 Å². The summed E-state index contributed by atoms with van der Waals surface area (Å²) in [6.45, 7) is 7.69. The number of benzene rings is 1. The number of allylic oxidation sites excluding steroid dienone is 2. The van der Waals surface area contributed by atoms with Gasteiger partial charge >= 0.3 is 6.09 Å². The standard InChI is InChI=1S/C30H49NO8/c1-5-6-7-10-25-21-27(32)29(26-11-8-9-24(2)20-26)28(22-25)39-23-31(3)30(33)38-19-18-37-17-16-36-15-14-35-13-12-34-4/h20-22,26,32H,5-19,23H2,1-4H3. The maximum Gasteiger partial charge on any atom is 0.412 e. The fraction of sp³-hybridized carbons (Fsp3) is 0.700. The molecule has 1 aromatic rings. The van der Waals surface area contributed by atoms with Crippen LogP contribution in [0, 0.1) is 0 Å². The average Bonchev–Trinajstić information content (AvgIpc) is 2.92. The van der Waals surface area contributed by atoms with Crippen molar-refractivity contribution >= 4 is 6.09 Å². The number of hydrogen-bond acceptors (Lipinski definition) is 8. The molecule has 0 radical (unpaired) electrons. The molecule has 1 amide bonds. The molecule has 1 aliphatic carbocycles. The van der Waals surface area contributed by atoms with E-state index >= 15 is 0 Å². The number of amides is 1. The number of unbranched alkanes of at least 4 members (excludes halogenated alkanes) is 2. The van der Waals surface area contributed by atoms with E-state index in [0.717, 1.165) is 56.1 Å². The van der Waals surface area contributed by atoms with Crippen molar-refractivity contribution in [3.8, 4) is 11.5 Å². The highest BCUT2D eigenvalue weighted by Gasteiger charge is 2.23. The van der Waals surface area contributed by atoms with Gasteiger partial charge in [-0.15, -0.1) is 0 Å². The first-order chi connectivity index (χ1) is 19.0. The van der Waals surface area contributed by atoms with E-state index in [1.54, 1.807) is 14.2 Å². The Labute approximate surface area is 234 Å². The number of carbonyl (C=O) groups excluding carboxylic acids is 1. The van der Waals surface area contributed by atoms with Crippen molar-refractivity contribution in [2.24, 2.45) is 0 Å². The summed E-state index contributed by atoms with van der Waals surface area (Å²) in [4.78, 5) is 13.8. The molecule has 9 nitrogen and oxygen atoms in total. The molecule has 1 aliphatic rings. The first-order valence-corrected chi connectivity index (χ1v) is 14.2. The zero-order valence-corrected chi connectivity index (χ0v) is 24.4. The quantitative estimate of drug-likeness (QED) is 0.130. The smallest absolute Gasteiger partial charge is 0.412 e. The summed E-state index contributed by atoms with van der Waals surface area (Å²) < 4.78 is 32.5. The Morgan fingerprint density at radius 3 is 2.31 bits per heavy atom. The number of aromatic hydroxyl groups is 1. The Bertz CT molecular complexity index is 860. The molecular formula is C30H49NO8. The molecular weight excluding hydrogens is 502 g/mol. The van der Waals surface area contributed by atoms with Crippen molar-refractivity contribution in [2.45, 2.75) is 64.7 Å². The van der Waals surface area contributed by atoms with E-state index in [-0.39, 0.29) is 31.6 Å². The molecule has 1 aromatic carbocycles. The second-order valence-electron chi connectivity index (χ2n) is 9.91. The summed E-state index contributed by atoms with van der Waals surface area (Å²) in [7, 11) is 3.26. The largest absolute Gasteiger partial charge is 0.507 e. The third-order valence-corrected chi connectivity index (χ3v) is 6.55. The minimum atomic E-state index is -0.499. The first kappa shape index (κ1) is 32.9. The van der Waals surface area contributed by atoms with Crippen molar-refractivity contribution in [3.63, 3.8) is 0 Å². The van der Waals surface area contributed by atoms with E-state index in [1.165, 1.54) is 10.5 Å². The van der Waals surface area contributed by atoms with Crippen LogP contribution in [0.4, 0.5) is 4.79 Å². The van der Waals surface area contributed by atoms with Gasteiger partial charge in [0.05, 0.1) is 46.2 Å². The summed E-state index contributed by atoms with van der Waals surface area (Å²) >= 11 is 0. The lowest BCUT2D eigenvalue weighted by molar-refractivity contribution is -0.00470. The van der Waals surface area contributed by atoms with Crippen molar-refractivity contribution in [1.82, 2.24) is 4.90 Å². The number of hydrogen-bond donors (Lipinski definition) is 1. The van der Waals surface area contributed by atoms with Crippen molar-refractivity contribution in [1.29, 1.82) is 0 Å². The van der Waals surface area contributed by atoms with E-state index in [4.69, 9.17) is 28.4 Å². The third-order valence-electron chi connectivity index (χ3n) is 6.55. The van der Waals surface area contributed by atoms with E-state index < -0.39 is 6.09 Å². The Morgan fingerprint density at radius 2 is 1.67 bits per heavy atom. The topological polar surface area (TPSA) is 95.9 Å². The maximum atomic E-state index is 12.4. The molecule has 1 atom stereocenters. The Balaban J connectivity index is 1.78.